The maximum atomic E-state index is 5.36. The largest absolute Gasteiger partial charge is 0.292 e. The molecule has 6 aromatic carbocycles. The molecule has 0 spiro atoms. The first-order valence-electron chi connectivity index (χ1n) is 18.2. The summed E-state index contributed by atoms with van der Waals surface area (Å²) in [5.41, 5.74) is 8.39. The van der Waals surface area contributed by atoms with Crippen molar-refractivity contribution < 1.29 is 0 Å². The van der Waals surface area contributed by atoms with Crippen LogP contribution in [0.1, 0.15) is 30.8 Å². The second kappa shape index (κ2) is 13.7. The third-order valence-corrected chi connectivity index (χ3v) is 11.4. The van der Waals surface area contributed by atoms with Crippen LogP contribution in [0.2, 0.25) is 0 Å². The van der Waals surface area contributed by atoms with E-state index >= 15 is 0 Å². The van der Waals surface area contributed by atoms with Crippen LogP contribution in [-0.2, 0) is 0 Å². The van der Waals surface area contributed by atoms with Gasteiger partial charge < -0.3 is 0 Å². The molecule has 0 saturated carbocycles. The van der Waals surface area contributed by atoms with E-state index in [-0.39, 0.29) is 0 Å². The lowest BCUT2D eigenvalue weighted by Crippen LogP contribution is -2.05. The molecule has 3 heterocycles. The number of nitrogens with zero attached hydrogens (tertiary/aromatic N) is 3. The lowest BCUT2D eigenvalue weighted by Gasteiger charge is -2.15. The van der Waals surface area contributed by atoms with Crippen molar-refractivity contribution in [3.8, 4) is 28.3 Å². The van der Waals surface area contributed by atoms with E-state index in [1.165, 1.54) is 52.8 Å². The molecule has 3 aromatic heterocycles. The van der Waals surface area contributed by atoms with Gasteiger partial charge in [-0.25, -0.2) is 9.97 Å². The Morgan fingerprint density at radius 2 is 1.44 bits per heavy atom. The Kier molecular flexibility index (Phi) is 8.45. The van der Waals surface area contributed by atoms with Crippen LogP contribution in [0.25, 0.3) is 98.7 Å². The van der Waals surface area contributed by atoms with Crippen LogP contribution in [0.15, 0.2) is 165 Å². The highest BCUT2D eigenvalue weighted by molar-refractivity contribution is 7.27. The van der Waals surface area contributed by atoms with Crippen LogP contribution in [-0.4, -0.2) is 14.5 Å². The number of benzene rings is 6. The van der Waals surface area contributed by atoms with Crippen LogP contribution in [0, 0.1) is 0 Å². The van der Waals surface area contributed by atoms with Crippen LogP contribution < -0.4 is 0 Å². The molecule has 0 fully saturated rings. The van der Waals surface area contributed by atoms with Crippen molar-refractivity contribution in [2.75, 3.05) is 0 Å². The fourth-order valence-electron chi connectivity index (χ4n) is 7.87. The maximum Gasteiger partial charge on any atom is 0.162 e. The van der Waals surface area contributed by atoms with Gasteiger partial charge in [0.2, 0.25) is 0 Å². The fraction of sp³-hybridized carbons (Fsp3) is 0.0400. The van der Waals surface area contributed by atoms with Gasteiger partial charge in [-0.1, -0.05) is 153 Å². The van der Waals surface area contributed by atoms with Crippen LogP contribution in [0.5, 0.6) is 0 Å². The lowest BCUT2D eigenvalue weighted by molar-refractivity contribution is 1.00. The molecule has 0 aliphatic carbocycles. The number of hydrogen-bond donors (Lipinski definition) is 0. The predicted octanol–water partition coefficient (Wildman–Crippen LogP) is 14.3. The Hall–Kier alpha value is -6.62. The van der Waals surface area contributed by atoms with Crippen molar-refractivity contribution in [1.29, 1.82) is 0 Å². The van der Waals surface area contributed by atoms with Gasteiger partial charge in [0.15, 0.2) is 5.82 Å². The van der Waals surface area contributed by atoms with Gasteiger partial charge in [-0.05, 0) is 70.3 Å². The summed E-state index contributed by atoms with van der Waals surface area (Å²) in [6.07, 6.45) is 14.2. The Labute approximate surface area is 318 Å². The Balaban J connectivity index is 1.50. The Morgan fingerprint density at radius 3 is 2.20 bits per heavy atom. The molecule has 0 unspecified atom stereocenters. The van der Waals surface area contributed by atoms with Crippen molar-refractivity contribution in [2.45, 2.75) is 13.8 Å². The SMILES string of the molecule is C=C/C=C\C(=C/C)c1cc(-n2c(/C=C\C)c(C=C)c3cc(-c4cccc5ccccc45)c4c(sc5ccc6ccccc6c54)c32)nc(-c2ccccc2)n1. The minimum Gasteiger partial charge on any atom is -0.292 e. The molecule has 0 saturated heterocycles. The zero-order valence-corrected chi connectivity index (χ0v) is 31.1. The summed E-state index contributed by atoms with van der Waals surface area (Å²) in [6.45, 7) is 12.4. The topological polar surface area (TPSA) is 30.7 Å². The summed E-state index contributed by atoms with van der Waals surface area (Å²) in [7, 11) is 0. The number of allylic oxidation sites excluding steroid dienone is 6. The van der Waals surface area contributed by atoms with Crippen molar-refractivity contribution >= 4 is 81.7 Å². The summed E-state index contributed by atoms with van der Waals surface area (Å²) >= 11 is 1.85. The van der Waals surface area contributed by atoms with Gasteiger partial charge >= 0.3 is 0 Å². The molecule has 0 aliphatic rings. The van der Waals surface area contributed by atoms with E-state index in [4.69, 9.17) is 9.97 Å². The van der Waals surface area contributed by atoms with Gasteiger partial charge in [-0.2, -0.15) is 0 Å². The molecule has 258 valence electrons. The molecule has 0 N–H and O–H groups in total. The second-order valence-corrected chi connectivity index (χ2v) is 14.3. The third-order valence-electron chi connectivity index (χ3n) is 10.2. The van der Waals surface area contributed by atoms with Gasteiger partial charge in [0.05, 0.1) is 21.6 Å². The van der Waals surface area contributed by atoms with E-state index in [0.29, 0.717) is 5.82 Å². The van der Waals surface area contributed by atoms with Crippen LogP contribution >= 0.6 is 11.3 Å². The van der Waals surface area contributed by atoms with Gasteiger partial charge in [0.1, 0.15) is 5.82 Å². The minimum absolute atomic E-state index is 0.661. The highest BCUT2D eigenvalue weighted by atomic mass is 32.1. The summed E-state index contributed by atoms with van der Waals surface area (Å²) in [4.78, 5) is 10.5. The molecule has 0 aliphatic heterocycles. The van der Waals surface area contributed by atoms with E-state index in [1.807, 2.05) is 48.6 Å². The number of thiophene rings is 1. The molecule has 4 heteroatoms. The average molecular weight is 712 g/mol. The number of hydrogen-bond acceptors (Lipinski definition) is 3. The van der Waals surface area contributed by atoms with Gasteiger partial charge in [-0.3, -0.25) is 4.57 Å². The highest BCUT2D eigenvalue weighted by Crippen LogP contribution is 2.50. The van der Waals surface area contributed by atoms with Gasteiger partial charge in [0.25, 0.3) is 0 Å². The monoisotopic (exact) mass is 711 g/mol. The molecule has 9 aromatic rings. The zero-order chi connectivity index (χ0) is 36.8. The lowest BCUT2D eigenvalue weighted by atomic mass is 9.91. The average Bonchev–Trinajstić information content (AvgIpc) is 3.77. The van der Waals surface area contributed by atoms with Gasteiger partial charge in [0, 0.05) is 38.1 Å². The number of aromatic nitrogens is 3. The Bertz CT molecular complexity index is 3040. The number of fused-ring (bicyclic) bond motifs is 8. The fourth-order valence-corrected chi connectivity index (χ4v) is 9.15. The molecular weight excluding hydrogens is 675 g/mol. The highest BCUT2D eigenvalue weighted by Gasteiger charge is 2.25. The van der Waals surface area contributed by atoms with Crippen molar-refractivity contribution in [3.63, 3.8) is 0 Å². The van der Waals surface area contributed by atoms with E-state index in [1.54, 1.807) is 6.08 Å². The predicted molar refractivity (Wildman–Crippen MR) is 235 cm³/mol. The van der Waals surface area contributed by atoms with Crippen molar-refractivity contribution in [1.82, 2.24) is 14.5 Å². The summed E-state index contributed by atoms with van der Waals surface area (Å²) < 4.78 is 4.79. The van der Waals surface area contributed by atoms with Crippen LogP contribution in [0.4, 0.5) is 0 Å². The van der Waals surface area contributed by atoms with E-state index in [2.05, 4.69) is 152 Å². The Morgan fingerprint density at radius 1 is 0.704 bits per heavy atom. The molecule has 54 heavy (non-hydrogen) atoms. The molecule has 0 bridgehead atoms. The molecule has 3 nitrogen and oxygen atoms in total. The third kappa shape index (κ3) is 5.34. The quantitative estimate of drug-likeness (QED) is 0.147. The molecule has 9 rings (SSSR count). The second-order valence-electron chi connectivity index (χ2n) is 13.3. The van der Waals surface area contributed by atoms with Crippen LogP contribution in [0.3, 0.4) is 0 Å². The minimum atomic E-state index is 0.661. The van der Waals surface area contributed by atoms with Crippen molar-refractivity contribution in [2.24, 2.45) is 0 Å². The molecule has 0 radical (unpaired) electrons. The van der Waals surface area contributed by atoms with E-state index < -0.39 is 0 Å². The molecule has 0 atom stereocenters. The summed E-state index contributed by atoms with van der Waals surface area (Å²) in [6, 6.07) is 43.4. The normalized spacial score (nSPS) is 12.4. The summed E-state index contributed by atoms with van der Waals surface area (Å²) in [5.74, 6) is 1.45. The smallest absolute Gasteiger partial charge is 0.162 e. The van der Waals surface area contributed by atoms with E-state index in [9.17, 15) is 0 Å². The standard InChI is InChI=1S/C50H37N3S/c1-5-9-19-32(7-3)42-31-45(52-50(51-42)35-22-11-10-12-23-35)53-43(18-6-2)36(8-4)41-30-40(39-27-17-24-33-20-13-15-25-37(33)39)47-46-38-26-16-14-21-34(38)28-29-44(46)54-49(47)48(41)53/h5-31H,1,4H2,2-3H3/b18-6-,19-9-,32-7+. The molecule has 0 amide bonds. The maximum absolute atomic E-state index is 5.36. The van der Waals surface area contributed by atoms with Crippen molar-refractivity contribution in [3.05, 3.63) is 182 Å². The zero-order valence-electron chi connectivity index (χ0n) is 30.3. The summed E-state index contributed by atoms with van der Waals surface area (Å²) in [5, 5.41) is 8.58. The molecular formula is C50H37N3S. The number of rotatable bonds is 8. The first-order chi connectivity index (χ1) is 26.6. The van der Waals surface area contributed by atoms with E-state index in [0.717, 1.165) is 44.8 Å². The first kappa shape index (κ1) is 33.2. The first-order valence-corrected chi connectivity index (χ1v) is 19.0. The van der Waals surface area contributed by atoms with Gasteiger partial charge in [-0.15, -0.1) is 11.3 Å².